The van der Waals surface area contributed by atoms with Crippen LogP contribution in [0.3, 0.4) is 0 Å². The predicted octanol–water partition coefficient (Wildman–Crippen LogP) is 3.21. The monoisotopic (exact) mass is 295 g/mol. The number of ether oxygens (including phenoxy) is 1. The van der Waals surface area contributed by atoms with Crippen LogP contribution >= 0.6 is 0 Å². The van der Waals surface area contributed by atoms with Crippen molar-refractivity contribution in [2.75, 3.05) is 13.1 Å². The largest absolute Gasteiger partial charge is 0.390 e. The van der Waals surface area contributed by atoms with Crippen LogP contribution in [0.2, 0.25) is 0 Å². The molecule has 0 aromatic heterocycles. The highest BCUT2D eigenvalue weighted by atomic mass is 16.5. The molecule has 3 fully saturated rings. The van der Waals surface area contributed by atoms with E-state index in [-0.39, 0.29) is 17.6 Å². The van der Waals surface area contributed by atoms with Crippen LogP contribution in [0.15, 0.2) is 0 Å². The lowest BCUT2D eigenvalue weighted by molar-refractivity contribution is -0.0920. The Kier molecular flexibility index (Phi) is 4.13. The minimum absolute atomic E-state index is 0.216. The second-order valence-electron chi connectivity index (χ2n) is 8.61. The van der Waals surface area contributed by atoms with Crippen LogP contribution in [-0.4, -0.2) is 46.4 Å². The van der Waals surface area contributed by atoms with Crippen molar-refractivity contribution in [1.82, 2.24) is 4.90 Å². The average molecular weight is 295 g/mol. The Morgan fingerprint density at radius 3 is 2.33 bits per heavy atom. The predicted molar refractivity (Wildman–Crippen MR) is 85.3 cm³/mol. The summed E-state index contributed by atoms with van der Waals surface area (Å²) in [6.45, 7) is 10.6. The fraction of sp³-hybridized carbons (Fsp3) is 1.00. The number of nitrogens with zero attached hydrogens (tertiary/aromatic N) is 1. The maximum absolute atomic E-state index is 10.7. The minimum atomic E-state index is -0.421. The van der Waals surface area contributed by atoms with Crippen LogP contribution in [0.4, 0.5) is 0 Å². The van der Waals surface area contributed by atoms with Gasteiger partial charge in [-0.25, -0.2) is 0 Å². The van der Waals surface area contributed by atoms with Gasteiger partial charge in [-0.05, 0) is 65.8 Å². The van der Waals surface area contributed by atoms with Crippen molar-refractivity contribution in [2.45, 2.75) is 89.6 Å². The number of aliphatic hydroxyl groups excluding tert-OH is 1. The van der Waals surface area contributed by atoms with Crippen LogP contribution < -0.4 is 0 Å². The molecule has 4 atom stereocenters. The Morgan fingerprint density at radius 2 is 1.67 bits per heavy atom. The molecule has 2 heterocycles. The summed E-state index contributed by atoms with van der Waals surface area (Å²) in [4.78, 5) is 2.69. The van der Waals surface area contributed by atoms with Crippen LogP contribution in [-0.2, 0) is 4.74 Å². The maximum Gasteiger partial charge on any atom is 0.0896 e. The molecule has 1 N–H and O–H groups in total. The van der Waals surface area contributed by atoms with Crippen molar-refractivity contribution >= 4 is 0 Å². The van der Waals surface area contributed by atoms with E-state index in [0.717, 1.165) is 18.5 Å². The third-order valence-electron chi connectivity index (χ3n) is 6.30. The SMILES string of the molecule is CC1(C)OC(C)(C)C(CN2CCCC3CCCCC32)C1O. The smallest absolute Gasteiger partial charge is 0.0896 e. The molecule has 21 heavy (non-hydrogen) atoms. The molecule has 0 radical (unpaired) electrons. The van der Waals surface area contributed by atoms with Crippen molar-refractivity contribution < 1.29 is 9.84 Å². The third-order valence-corrected chi connectivity index (χ3v) is 6.30. The molecule has 0 spiro atoms. The summed E-state index contributed by atoms with van der Waals surface area (Å²) in [5.41, 5.74) is -0.652. The van der Waals surface area contributed by atoms with Gasteiger partial charge >= 0.3 is 0 Å². The average Bonchev–Trinajstić information content (AvgIpc) is 2.57. The Hall–Kier alpha value is -0.120. The lowest BCUT2D eigenvalue weighted by atomic mass is 9.77. The molecule has 2 saturated heterocycles. The van der Waals surface area contributed by atoms with Crippen molar-refractivity contribution in [3.05, 3.63) is 0 Å². The van der Waals surface area contributed by atoms with Gasteiger partial charge in [0.2, 0.25) is 0 Å². The van der Waals surface area contributed by atoms with Gasteiger partial charge < -0.3 is 9.84 Å². The number of rotatable bonds is 2. The molecule has 122 valence electrons. The zero-order valence-corrected chi connectivity index (χ0v) is 14.3. The highest BCUT2D eigenvalue weighted by Gasteiger charge is 2.54. The summed E-state index contributed by atoms with van der Waals surface area (Å²) >= 11 is 0. The molecule has 2 aliphatic heterocycles. The van der Waals surface area contributed by atoms with E-state index in [4.69, 9.17) is 4.74 Å². The van der Waals surface area contributed by atoms with Crippen LogP contribution in [0.1, 0.15) is 66.2 Å². The Morgan fingerprint density at radius 1 is 1.00 bits per heavy atom. The van der Waals surface area contributed by atoms with Gasteiger partial charge in [-0.2, -0.15) is 0 Å². The summed E-state index contributed by atoms with van der Waals surface area (Å²) < 4.78 is 6.16. The van der Waals surface area contributed by atoms with Crippen LogP contribution in [0, 0.1) is 11.8 Å². The standard InChI is InChI=1S/C18H33NO2/c1-17(2)14(16(20)18(3,4)21-17)12-19-11-7-9-13-8-5-6-10-15(13)19/h13-16,20H,5-12H2,1-4H3. The van der Waals surface area contributed by atoms with E-state index < -0.39 is 5.60 Å². The first kappa shape index (κ1) is 15.8. The fourth-order valence-electron chi connectivity index (χ4n) is 5.21. The van der Waals surface area contributed by atoms with Gasteiger partial charge in [0, 0.05) is 18.5 Å². The van der Waals surface area contributed by atoms with Gasteiger partial charge in [0.05, 0.1) is 17.3 Å². The van der Waals surface area contributed by atoms with E-state index in [9.17, 15) is 5.11 Å². The van der Waals surface area contributed by atoms with Gasteiger partial charge in [-0.3, -0.25) is 4.90 Å². The Labute approximate surface area is 130 Å². The van der Waals surface area contributed by atoms with Crippen molar-refractivity contribution in [1.29, 1.82) is 0 Å². The molecular formula is C18H33NO2. The zero-order chi connectivity index (χ0) is 15.3. The molecular weight excluding hydrogens is 262 g/mol. The molecule has 1 aliphatic carbocycles. The zero-order valence-electron chi connectivity index (χ0n) is 14.3. The molecule has 0 amide bonds. The molecule has 4 unspecified atom stereocenters. The van der Waals surface area contributed by atoms with Crippen molar-refractivity contribution in [3.8, 4) is 0 Å². The Balaban J connectivity index is 1.73. The second-order valence-corrected chi connectivity index (χ2v) is 8.61. The van der Waals surface area contributed by atoms with Crippen LogP contribution in [0.25, 0.3) is 0 Å². The van der Waals surface area contributed by atoms with Gasteiger partial charge in [0.15, 0.2) is 0 Å². The summed E-state index contributed by atoms with van der Waals surface area (Å²) in [7, 11) is 0. The van der Waals surface area contributed by atoms with E-state index in [2.05, 4.69) is 18.7 Å². The lowest BCUT2D eigenvalue weighted by Crippen LogP contribution is -2.52. The van der Waals surface area contributed by atoms with E-state index >= 15 is 0 Å². The molecule has 0 aromatic rings. The first-order valence-corrected chi connectivity index (χ1v) is 8.93. The quantitative estimate of drug-likeness (QED) is 0.849. The third kappa shape index (κ3) is 2.89. The number of piperidine rings is 1. The van der Waals surface area contributed by atoms with Crippen LogP contribution in [0.5, 0.6) is 0 Å². The molecule has 3 nitrogen and oxygen atoms in total. The van der Waals surface area contributed by atoms with Crippen molar-refractivity contribution in [2.24, 2.45) is 11.8 Å². The highest BCUT2D eigenvalue weighted by molar-refractivity contribution is 5.03. The van der Waals surface area contributed by atoms with Gasteiger partial charge in [0.25, 0.3) is 0 Å². The number of likely N-dealkylation sites (tertiary alicyclic amines) is 1. The molecule has 1 saturated carbocycles. The highest BCUT2D eigenvalue weighted by Crippen LogP contribution is 2.44. The van der Waals surface area contributed by atoms with E-state index in [1.54, 1.807) is 0 Å². The summed E-state index contributed by atoms with van der Waals surface area (Å²) in [6.07, 6.45) is 7.96. The number of fused-ring (bicyclic) bond motifs is 1. The van der Waals surface area contributed by atoms with E-state index in [1.165, 1.54) is 45.1 Å². The summed E-state index contributed by atoms with van der Waals surface area (Å²) in [6, 6.07) is 0.763. The first-order valence-electron chi connectivity index (χ1n) is 8.93. The summed E-state index contributed by atoms with van der Waals surface area (Å²) in [5.74, 6) is 1.12. The molecule has 0 aromatic carbocycles. The lowest BCUT2D eigenvalue weighted by Gasteiger charge is -2.46. The van der Waals surface area contributed by atoms with Gasteiger partial charge in [-0.15, -0.1) is 0 Å². The first-order chi connectivity index (χ1) is 9.81. The Bertz CT molecular complexity index is 377. The molecule has 3 rings (SSSR count). The summed E-state index contributed by atoms with van der Waals surface area (Å²) in [5, 5.41) is 10.7. The molecule has 0 bridgehead atoms. The topological polar surface area (TPSA) is 32.7 Å². The van der Waals surface area contributed by atoms with Gasteiger partial charge in [-0.1, -0.05) is 12.8 Å². The van der Waals surface area contributed by atoms with E-state index in [0.29, 0.717) is 0 Å². The van der Waals surface area contributed by atoms with Crippen molar-refractivity contribution in [3.63, 3.8) is 0 Å². The number of aliphatic hydroxyl groups is 1. The molecule has 3 heteroatoms. The number of hydrogen-bond donors (Lipinski definition) is 1. The number of hydrogen-bond acceptors (Lipinski definition) is 3. The maximum atomic E-state index is 10.7. The molecule has 3 aliphatic rings. The second kappa shape index (κ2) is 5.50. The normalized spacial score (nSPS) is 42.7. The minimum Gasteiger partial charge on any atom is -0.390 e. The fourth-order valence-corrected chi connectivity index (χ4v) is 5.21. The van der Waals surface area contributed by atoms with E-state index in [1.807, 2.05) is 13.8 Å². The van der Waals surface area contributed by atoms with Gasteiger partial charge in [0.1, 0.15) is 0 Å².